The Morgan fingerprint density at radius 1 is 0.692 bits per heavy atom. The Labute approximate surface area is 227 Å². The Morgan fingerprint density at radius 3 is 1.69 bits per heavy atom. The van der Waals surface area contributed by atoms with Crippen molar-refractivity contribution in [2.24, 2.45) is 0 Å². The van der Waals surface area contributed by atoms with Crippen molar-refractivity contribution in [3.63, 3.8) is 0 Å². The molecule has 5 aromatic carbocycles. The van der Waals surface area contributed by atoms with Gasteiger partial charge in [-0.15, -0.1) is 0 Å². The van der Waals surface area contributed by atoms with Crippen LogP contribution in [0.25, 0.3) is 10.9 Å². The Bertz CT molecular complexity index is 1620. The summed E-state index contributed by atoms with van der Waals surface area (Å²) in [6, 6.07) is 46.0. The molecular weight excluding hydrogens is 482 g/mol. The third kappa shape index (κ3) is 4.34. The van der Waals surface area contributed by atoms with Crippen molar-refractivity contribution in [3.8, 4) is 0 Å². The molecule has 6 rings (SSSR count). The monoisotopic (exact) mass is 509 g/mol. The number of ether oxygens (including phenoxy) is 1. The fourth-order valence-electron chi connectivity index (χ4n) is 5.24. The van der Waals surface area contributed by atoms with Gasteiger partial charge in [0.1, 0.15) is 12.1 Å². The summed E-state index contributed by atoms with van der Waals surface area (Å²) in [5.41, 5.74) is 11.0. The van der Waals surface area contributed by atoms with Crippen LogP contribution in [0.1, 0.15) is 32.6 Å². The number of anilines is 1. The van der Waals surface area contributed by atoms with Crippen molar-refractivity contribution in [3.05, 3.63) is 167 Å². The highest BCUT2D eigenvalue weighted by molar-refractivity contribution is 5.98. The lowest BCUT2D eigenvalue weighted by Gasteiger charge is -2.37. The average molecular weight is 510 g/mol. The van der Waals surface area contributed by atoms with E-state index in [1.807, 2.05) is 95.7 Å². The highest BCUT2D eigenvalue weighted by Crippen LogP contribution is 2.43. The number of aromatic nitrogens is 2. The fraction of sp³-hybridized carbons (Fsp3) is 0.0588. The maximum Gasteiger partial charge on any atom is 0.338 e. The molecule has 0 bridgehead atoms. The first-order valence-corrected chi connectivity index (χ1v) is 12.8. The number of benzene rings is 5. The molecule has 5 nitrogen and oxygen atoms in total. The summed E-state index contributed by atoms with van der Waals surface area (Å²) < 4.78 is 7.56. The molecule has 0 spiro atoms. The van der Waals surface area contributed by atoms with Gasteiger partial charge in [-0.05, 0) is 40.5 Å². The van der Waals surface area contributed by atoms with Crippen LogP contribution < -0.4 is 5.73 Å². The molecule has 0 saturated heterocycles. The fourth-order valence-corrected chi connectivity index (χ4v) is 5.24. The third-order valence-electron chi connectivity index (χ3n) is 7.05. The summed E-state index contributed by atoms with van der Waals surface area (Å²) in [6.45, 7) is 0.200. The summed E-state index contributed by atoms with van der Waals surface area (Å²) in [7, 11) is 0. The van der Waals surface area contributed by atoms with E-state index in [-0.39, 0.29) is 6.61 Å². The molecule has 0 radical (unpaired) electrons. The molecule has 0 fully saturated rings. The molecule has 0 aliphatic carbocycles. The molecule has 0 aliphatic heterocycles. The summed E-state index contributed by atoms with van der Waals surface area (Å²) in [4.78, 5) is 13.0. The Hall–Kier alpha value is -5.16. The summed E-state index contributed by atoms with van der Waals surface area (Å²) in [6.07, 6.45) is 0. The van der Waals surface area contributed by atoms with Gasteiger partial charge >= 0.3 is 5.97 Å². The van der Waals surface area contributed by atoms with Gasteiger partial charge < -0.3 is 10.5 Å². The van der Waals surface area contributed by atoms with Crippen LogP contribution in [-0.2, 0) is 16.9 Å². The van der Waals surface area contributed by atoms with E-state index in [2.05, 4.69) is 36.4 Å². The summed E-state index contributed by atoms with van der Waals surface area (Å²) in [5, 5.41) is 5.62. The minimum Gasteiger partial charge on any atom is -0.457 e. The normalized spacial score (nSPS) is 11.4. The van der Waals surface area contributed by atoms with E-state index in [0.29, 0.717) is 16.8 Å². The molecule has 2 N–H and O–H groups in total. The van der Waals surface area contributed by atoms with Crippen LogP contribution in [0, 0.1) is 0 Å². The van der Waals surface area contributed by atoms with Crippen LogP contribution in [0.3, 0.4) is 0 Å². The van der Waals surface area contributed by atoms with E-state index in [0.717, 1.165) is 27.8 Å². The van der Waals surface area contributed by atoms with Crippen molar-refractivity contribution >= 4 is 22.7 Å². The smallest absolute Gasteiger partial charge is 0.338 e. The van der Waals surface area contributed by atoms with Crippen LogP contribution in [0.15, 0.2) is 140 Å². The van der Waals surface area contributed by atoms with Crippen molar-refractivity contribution in [1.29, 1.82) is 0 Å². The Kier molecular flexibility index (Phi) is 6.39. The van der Waals surface area contributed by atoms with Gasteiger partial charge in [0, 0.05) is 5.39 Å². The predicted molar refractivity (Wildman–Crippen MR) is 154 cm³/mol. The predicted octanol–water partition coefficient (Wildman–Crippen LogP) is 6.82. The van der Waals surface area contributed by atoms with E-state index in [1.54, 1.807) is 12.1 Å². The van der Waals surface area contributed by atoms with E-state index in [1.165, 1.54) is 0 Å². The van der Waals surface area contributed by atoms with Gasteiger partial charge in [-0.2, -0.15) is 5.10 Å². The Morgan fingerprint density at radius 2 is 1.18 bits per heavy atom. The number of nitrogens with zero attached hydrogens (tertiary/aromatic N) is 2. The number of esters is 1. The van der Waals surface area contributed by atoms with Crippen LogP contribution in [0.2, 0.25) is 0 Å². The molecule has 0 atom stereocenters. The lowest BCUT2D eigenvalue weighted by molar-refractivity contribution is 0.0473. The largest absolute Gasteiger partial charge is 0.457 e. The maximum atomic E-state index is 13.0. The molecule has 0 aliphatic rings. The number of carbonyl (C=O) groups is 1. The molecule has 0 unspecified atom stereocenters. The van der Waals surface area contributed by atoms with Gasteiger partial charge in [-0.25, -0.2) is 9.48 Å². The highest BCUT2D eigenvalue weighted by atomic mass is 16.5. The topological polar surface area (TPSA) is 70.1 Å². The zero-order chi connectivity index (χ0) is 26.7. The van der Waals surface area contributed by atoms with E-state index >= 15 is 0 Å². The number of nitrogen functional groups attached to an aromatic ring is 1. The summed E-state index contributed by atoms with van der Waals surface area (Å²) in [5.74, 6) is -0.0665. The zero-order valence-electron chi connectivity index (χ0n) is 21.3. The second-order valence-electron chi connectivity index (χ2n) is 9.40. The van der Waals surface area contributed by atoms with Crippen molar-refractivity contribution in [1.82, 2.24) is 9.78 Å². The second-order valence-corrected chi connectivity index (χ2v) is 9.40. The molecule has 0 saturated carbocycles. The first kappa shape index (κ1) is 24.2. The quantitative estimate of drug-likeness (QED) is 0.189. The standard InChI is InChI=1S/C34H27N3O2/c35-32-30-23-26(33(38)39-24-25-13-5-1-6-14-25)21-22-31(30)37(36-32)34(27-15-7-2-8-16-27,28-17-9-3-10-18-28)29-19-11-4-12-20-29/h1-23H,24H2,(H2,35,36). The van der Waals surface area contributed by atoms with E-state index in [4.69, 9.17) is 15.6 Å². The van der Waals surface area contributed by atoms with Crippen LogP contribution in [0.5, 0.6) is 0 Å². The van der Waals surface area contributed by atoms with Gasteiger partial charge in [0.15, 0.2) is 5.82 Å². The highest BCUT2D eigenvalue weighted by Gasteiger charge is 2.40. The zero-order valence-corrected chi connectivity index (χ0v) is 21.3. The van der Waals surface area contributed by atoms with Crippen LogP contribution in [0.4, 0.5) is 5.82 Å². The molecular formula is C34H27N3O2. The number of rotatable bonds is 7. The maximum absolute atomic E-state index is 13.0. The van der Waals surface area contributed by atoms with Crippen LogP contribution in [-0.4, -0.2) is 15.7 Å². The first-order chi connectivity index (χ1) is 19.2. The molecule has 0 amide bonds. The molecule has 1 heterocycles. The molecule has 6 aromatic rings. The van der Waals surface area contributed by atoms with Gasteiger partial charge in [0.2, 0.25) is 0 Å². The summed E-state index contributed by atoms with van der Waals surface area (Å²) >= 11 is 0. The van der Waals surface area contributed by atoms with Crippen molar-refractivity contribution < 1.29 is 9.53 Å². The molecule has 39 heavy (non-hydrogen) atoms. The van der Waals surface area contributed by atoms with Gasteiger partial charge in [-0.1, -0.05) is 121 Å². The van der Waals surface area contributed by atoms with Crippen molar-refractivity contribution in [2.45, 2.75) is 12.1 Å². The minimum atomic E-state index is -0.811. The number of carbonyl (C=O) groups excluding carboxylic acids is 1. The van der Waals surface area contributed by atoms with E-state index < -0.39 is 11.5 Å². The first-order valence-electron chi connectivity index (χ1n) is 12.8. The van der Waals surface area contributed by atoms with Gasteiger partial charge in [0.05, 0.1) is 11.1 Å². The van der Waals surface area contributed by atoms with Crippen LogP contribution >= 0.6 is 0 Å². The number of hydrogen-bond acceptors (Lipinski definition) is 4. The Balaban J connectivity index is 1.52. The SMILES string of the molecule is Nc1nn(C(c2ccccc2)(c2ccccc2)c2ccccc2)c2ccc(C(=O)OCc3ccccc3)cc12. The molecule has 190 valence electrons. The lowest BCUT2D eigenvalue weighted by atomic mass is 9.77. The second kappa shape index (κ2) is 10.3. The third-order valence-corrected chi connectivity index (χ3v) is 7.05. The van der Waals surface area contributed by atoms with Crippen molar-refractivity contribution in [2.75, 3.05) is 5.73 Å². The number of nitrogens with two attached hydrogens (primary N) is 1. The molecule has 5 heteroatoms. The lowest BCUT2D eigenvalue weighted by Crippen LogP contribution is -2.38. The number of fused-ring (bicyclic) bond motifs is 1. The van der Waals surface area contributed by atoms with Gasteiger partial charge in [0.25, 0.3) is 0 Å². The van der Waals surface area contributed by atoms with Gasteiger partial charge in [-0.3, -0.25) is 0 Å². The average Bonchev–Trinajstić information content (AvgIpc) is 3.34. The van der Waals surface area contributed by atoms with E-state index in [9.17, 15) is 4.79 Å². The molecule has 1 aromatic heterocycles. The number of hydrogen-bond donors (Lipinski definition) is 1. The minimum absolute atomic E-state index is 0.200.